The Balaban J connectivity index is 1.89. The predicted octanol–water partition coefficient (Wildman–Crippen LogP) is 2.31. The number of carbonyl (C=O) groups is 1. The molecule has 1 saturated carbocycles. The molecule has 1 heterocycles. The molecule has 2 nitrogen and oxygen atoms in total. The lowest BCUT2D eigenvalue weighted by atomic mass is 9.76. The van der Waals surface area contributed by atoms with E-state index in [1.807, 2.05) is 0 Å². The van der Waals surface area contributed by atoms with Crippen LogP contribution in [0.4, 0.5) is 0 Å². The van der Waals surface area contributed by atoms with Gasteiger partial charge in [0.2, 0.25) is 0 Å². The number of carbonyl (C=O) groups excluding carboxylic acids is 1. The average Bonchev–Trinajstić information content (AvgIpc) is 1.97. The molecule has 1 unspecified atom stereocenters. The fourth-order valence-electron chi connectivity index (χ4n) is 2.41. The lowest BCUT2D eigenvalue weighted by Crippen LogP contribution is -2.40. The van der Waals surface area contributed by atoms with Gasteiger partial charge in [0.25, 0.3) is 0 Å². The summed E-state index contributed by atoms with van der Waals surface area (Å²) in [5.74, 6) is 1.21. The topological polar surface area (TPSA) is 26.3 Å². The lowest BCUT2D eigenvalue weighted by molar-refractivity contribution is -0.140. The first-order chi connectivity index (χ1) is 6.18. The number of ketones is 1. The third kappa shape index (κ3) is 2.11. The maximum absolute atomic E-state index is 11.3. The van der Waals surface area contributed by atoms with E-state index in [9.17, 15) is 4.79 Å². The van der Waals surface area contributed by atoms with E-state index in [1.165, 1.54) is 19.3 Å². The summed E-state index contributed by atoms with van der Waals surface area (Å²) in [6.45, 7) is 2.74. The summed E-state index contributed by atoms with van der Waals surface area (Å²) in [4.78, 5) is 11.3. The fraction of sp³-hybridized carbons (Fsp3) is 0.909. The van der Waals surface area contributed by atoms with Crippen LogP contribution in [0.1, 0.15) is 45.4 Å². The highest BCUT2D eigenvalue weighted by Gasteiger charge is 2.35. The van der Waals surface area contributed by atoms with E-state index in [4.69, 9.17) is 4.74 Å². The number of hydrogen-bond donors (Lipinski definition) is 0. The Labute approximate surface area is 79.7 Å². The second-order valence-electron chi connectivity index (χ2n) is 4.76. The minimum Gasteiger partial charge on any atom is -0.374 e. The van der Waals surface area contributed by atoms with Gasteiger partial charge in [-0.1, -0.05) is 19.3 Å². The van der Waals surface area contributed by atoms with Crippen LogP contribution in [0.3, 0.4) is 0 Å². The summed E-state index contributed by atoms with van der Waals surface area (Å²) in [5.41, 5.74) is -0.125. The number of Topliss-reactive ketones (excluding diaryl/α,β-unsaturated/α-hetero) is 1. The maximum Gasteiger partial charge on any atom is 0.138 e. The Morgan fingerprint density at radius 2 is 2.31 bits per heavy atom. The molecule has 0 N–H and O–H groups in total. The van der Waals surface area contributed by atoms with Crippen LogP contribution < -0.4 is 0 Å². The Hall–Kier alpha value is -0.370. The van der Waals surface area contributed by atoms with Crippen molar-refractivity contribution in [2.24, 2.45) is 5.92 Å². The Morgan fingerprint density at radius 3 is 2.85 bits per heavy atom. The third-order valence-corrected chi connectivity index (χ3v) is 3.35. The quantitative estimate of drug-likeness (QED) is 0.655. The van der Waals surface area contributed by atoms with Gasteiger partial charge < -0.3 is 4.74 Å². The Bertz CT molecular complexity index is 208. The van der Waals surface area contributed by atoms with Crippen molar-refractivity contribution in [2.75, 3.05) is 6.61 Å². The summed E-state index contributed by atoms with van der Waals surface area (Å²) >= 11 is 0. The molecule has 2 aliphatic rings. The maximum atomic E-state index is 11.3. The van der Waals surface area contributed by atoms with E-state index in [0.29, 0.717) is 25.2 Å². The van der Waals surface area contributed by atoms with Crippen LogP contribution in [0.25, 0.3) is 0 Å². The minimum atomic E-state index is -0.125. The number of rotatable bonds is 2. The van der Waals surface area contributed by atoms with Gasteiger partial charge in [-0.3, -0.25) is 4.79 Å². The summed E-state index contributed by atoms with van der Waals surface area (Å²) in [6.07, 6.45) is 6.41. The van der Waals surface area contributed by atoms with Crippen molar-refractivity contribution in [1.82, 2.24) is 0 Å². The van der Waals surface area contributed by atoms with Gasteiger partial charge in [0.05, 0.1) is 12.2 Å². The normalized spacial score (nSPS) is 35.9. The molecule has 1 aliphatic carbocycles. The average molecular weight is 182 g/mol. The van der Waals surface area contributed by atoms with Crippen LogP contribution in [-0.2, 0) is 9.53 Å². The molecule has 0 bridgehead atoms. The van der Waals surface area contributed by atoms with Gasteiger partial charge in [-0.2, -0.15) is 0 Å². The first-order valence-electron chi connectivity index (χ1n) is 5.34. The van der Waals surface area contributed by atoms with Crippen LogP contribution in [-0.4, -0.2) is 18.0 Å². The van der Waals surface area contributed by atoms with Crippen molar-refractivity contribution in [1.29, 1.82) is 0 Å². The summed E-state index contributed by atoms with van der Waals surface area (Å²) in [7, 11) is 0. The molecule has 0 amide bonds. The van der Waals surface area contributed by atoms with Gasteiger partial charge in [0.15, 0.2) is 0 Å². The molecule has 0 aromatic rings. The molecule has 2 rings (SSSR count). The Morgan fingerprint density at radius 1 is 1.54 bits per heavy atom. The predicted molar refractivity (Wildman–Crippen MR) is 50.6 cm³/mol. The fourth-order valence-corrected chi connectivity index (χ4v) is 2.41. The van der Waals surface area contributed by atoms with E-state index >= 15 is 0 Å². The first kappa shape index (κ1) is 9.20. The van der Waals surface area contributed by atoms with Gasteiger partial charge in [0.1, 0.15) is 5.78 Å². The molecule has 13 heavy (non-hydrogen) atoms. The smallest absolute Gasteiger partial charge is 0.138 e. The van der Waals surface area contributed by atoms with Gasteiger partial charge in [-0.15, -0.1) is 0 Å². The van der Waals surface area contributed by atoms with Gasteiger partial charge in [0, 0.05) is 12.8 Å². The highest BCUT2D eigenvalue weighted by molar-refractivity contribution is 5.80. The molecule has 1 atom stereocenters. The highest BCUT2D eigenvalue weighted by Crippen LogP contribution is 2.37. The molecule has 1 saturated heterocycles. The van der Waals surface area contributed by atoms with Gasteiger partial charge >= 0.3 is 0 Å². The molecular formula is C11H18O2. The number of ether oxygens (including phenoxy) is 1. The highest BCUT2D eigenvalue weighted by atomic mass is 16.5. The molecule has 0 aromatic heterocycles. The van der Waals surface area contributed by atoms with Crippen LogP contribution in [0.2, 0.25) is 0 Å². The van der Waals surface area contributed by atoms with Crippen molar-refractivity contribution in [2.45, 2.75) is 51.0 Å². The molecule has 74 valence electrons. The minimum absolute atomic E-state index is 0.125. The van der Waals surface area contributed by atoms with Crippen molar-refractivity contribution in [3.8, 4) is 0 Å². The van der Waals surface area contributed by atoms with Crippen molar-refractivity contribution < 1.29 is 9.53 Å². The standard InChI is InChI=1S/C11H18O2/c1-11(7-9-3-2-4-9)8-10(12)5-6-13-11/h9H,2-8H2,1H3. The lowest BCUT2D eigenvalue weighted by Gasteiger charge is -2.38. The van der Waals surface area contributed by atoms with E-state index < -0.39 is 0 Å². The molecule has 0 aromatic carbocycles. The SMILES string of the molecule is CC1(CC2CCC2)CC(=O)CCO1. The van der Waals surface area contributed by atoms with Crippen LogP contribution >= 0.6 is 0 Å². The molecular weight excluding hydrogens is 164 g/mol. The van der Waals surface area contributed by atoms with Crippen molar-refractivity contribution >= 4 is 5.78 Å². The molecule has 2 heteroatoms. The van der Waals surface area contributed by atoms with E-state index in [1.54, 1.807) is 0 Å². The van der Waals surface area contributed by atoms with Gasteiger partial charge in [-0.05, 0) is 19.3 Å². The Kier molecular flexibility index (Phi) is 2.41. The zero-order valence-electron chi connectivity index (χ0n) is 8.34. The zero-order valence-corrected chi connectivity index (χ0v) is 8.34. The molecule has 1 aliphatic heterocycles. The largest absolute Gasteiger partial charge is 0.374 e. The summed E-state index contributed by atoms with van der Waals surface area (Å²) < 4.78 is 5.72. The van der Waals surface area contributed by atoms with Crippen LogP contribution in [0.15, 0.2) is 0 Å². The second kappa shape index (κ2) is 3.41. The van der Waals surface area contributed by atoms with Crippen molar-refractivity contribution in [3.05, 3.63) is 0 Å². The zero-order chi connectivity index (χ0) is 9.31. The summed E-state index contributed by atoms with van der Waals surface area (Å²) in [6, 6.07) is 0. The number of hydrogen-bond acceptors (Lipinski definition) is 2. The summed E-state index contributed by atoms with van der Waals surface area (Å²) in [5, 5.41) is 0. The molecule has 0 spiro atoms. The van der Waals surface area contributed by atoms with Crippen molar-refractivity contribution in [3.63, 3.8) is 0 Å². The monoisotopic (exact) mass is 182 g/mol. The van der Waals surface area contributed by atoms with Gasteiger partial charge in [-0.25, -0.2) is 0 Å². The first-order valence-corrected chi connectivity index (χ1v) is 5.34. The van der Waals surface area contributed by atoms with Crippen LogP contribution in [0, 0.1) is 5.92 Å². The van der Waals surface area contributed by atoms with E-state index in [0.717, 1.165) is 12.3 Å². The van der Waals surface area contributed by atoms with E-state index in [-0.39, 0.29) is 5.60 Å². The van der Waals surface area contributed by atoms with Crippen LogP contribution in [0.5, 0.6) is 0 Å². The second-order valence-corrected chi connectivity index (χ2v) is 4.76. The molecule has 2 fully saturated rings. The van der Waals surface area contributed by atoms with E-state index in [2.05, 4.69) is 6.92 Å². The molecule has 0 radical (unpaired) electrons. The third-order valence-electron chi connectivity index (χ3n) is 3.35.